The summed E-state index contributed by atoms with van der Waals surface area (Å²) < 4.78 is 11.2. The number of hydrogen-bond donors (Lipinski definition) is 0. The lowest BCUT2D eigenvalue weighted by molar-refractivity contribution is -0.116. The molecule has 1 fully saturated rings. The van der Waals surface area contributed by atoms with Crippen molar-refractivity contribution < 1.29 is 14.3 Å². The Balaban J connectivity index is 1.51. The Kier molecular flexibility index (Phi) is 6.20. The molecule has 0 aromatic heterocycles. The minimum absolute atomic E-state index is 0.186. The molecule has 0 unspecified atom stereocenters. The van der Waals surface area contributed by atoms with Crippen LogP contribution < -0.4 is 4.74 Å². The van der Waals surface area contributed by atoms with Crippen LogP contribution in [0.5, 0.6) is 5.75 Å². The first-order valence-electron chi connectivity index (χ1n) is 8.82. The molecule has 1 saturated heterocycles. The molecule has 1 aliphatic rings. The number of nitrogens with zero attached hydrogens (tertiary/aromatic N) is 1. The molecule has 0 amide bonds. The molecule has 0 aliphatic carbocycles. The molecule has 2 aromatic rings. The third-order valence-electron chi connectivity index (χ3n) is 4.37. The van der Waals surface area contributed by atoms with E-state index in [0.717, 1.165) is 55.3 Å². The first-order chi connectivity index (χ1) is 12.2. The van der Waals surface area contributed by atoms with Gasteiger partial charge < -0.3 is 9.47 Å². The molecule has 0 N–H and O–H groups in total. The summed E-state index contributed by atoms with van der Waals surface area (Å²) in [5.41, 5.74) is 3.35. The van der Waals surface area contributed by atoms with Crippen molar-refractivity contribution in [3.8, 4) is 16.9 Å². The number of rotatable bonds is 7. The zero-order chi connectivity index (χ0) is 17.5. The molecule has 2 aromatic carbocycles. The van der Waals surface area contributed by atoms with Crippen molar-refractivity contribution in [2.45, 2.75) is 13.3 Å². The van der Waals surface area contributed by atoms with Gasteiger partial charge in [0.25, 0.3) is 0 Å². The van der Waals surface area contributed by atoms with Crippen molar-refractivity contribution in [2.75, 3.05) is 39.5 Å². The van der Waals surface area contributed by atoms with Crippen molar-refractivity contribution in [1.29, 1.82) is 0 Å². The van der Waals surface area contributed by atoms with E-state index in [4.69, 9.17) is 9.47 Å². The van der Waals surface area contributed by atoms with Crippen molar-refractivity contribution in [1.82, 2.24) is 4.90 Å². The molecule has 0 saturated carbocycles. The Hall–Kier alpha value is -2.17. The lowest BCUT2D eigenvalue weighted by atomic mass is 10.0. The van der Waals surface area contributed by atoms with E-state index in [1.165, 1.54) is 0 Å². The summed E-state index contributed by atoms with van der Waals surface area (Å²) in [6, 6.07) is 16.3. The van der Waals surface area contributed by atoms with Crippen LogP contribution in [0, 0.1) is 0 Å². The fourth-order valence-corrected chi connectivity index (χ4v) is 2.96. The van der Waals surface area contributed by atoms with Gasteiger partial charge in [0.1, 0.15) is 18.1 Å². The largest absolute Gasteiger partial charge is 0.492 e. The van der Waals surface area contributed by atoms with Crippen molar-refractivity contribution >= 4 is 5.78 Å². The van der Waals surface area contributed by atoms with Crippen LogP contribution in [0.15, 0.2) is 48.5 Å². The van der Waals surface area contributed by atoms with Crippen LogP contribution in [0.3, 0.4) is 0 Å². The minimum Gasteiger partial charge on any atom is -0.492 e. The molecule has 0 atom stereocenters. The van der Waals surface area contributed by atoms with Crippen LogP contribution in [-0.4, -0.2) is 50.1 Å². The molecule has 3 rings (SSSR count). The van der Waals surface area contributed by atoms with E-state index in [0.29, 0.717) is 13.0 Å². The summed E-state index contributed by atoms with van der Waals surface area (Å²) in [4.78, 5) is 13.5. The maximum Gasteiger partial charge on any atom is 0.134 e. The van der Waals surface area contributed by atoms with E-state index in [2.05, 4.69) is 29.2 Å². The number of ether oxygens (including phenoxy) is 2. The van der Waals surface area contributed by atoms with Gasteiger partial charge in [0, 0.05) is 26.1 Å². The maximum absolute atomic E-state index is 11.2. The minimum atomic E-state index is 0.186. The van der Waals surface area contributed by atoms with Gasteiger partial charge >= 0.3 is 0 Å². The second-order valence-corrected chi connectivity index (χ2v) is 6.40. The zero-order valence-electron chi connectivity index (χ0n) is 14.7. The molecule has 4 heteroatoms. The second-order valence-electron chi connectivity index (χ2n) is 6.40. The average Bonchev–Trinajstić information content (AvgIpc) is 2.63. The summed E-state index contributed by atoms with van der Waals surface area (Å²) in [6.07, 6.45) is 0.496. The van der Waals surface area contributed by atoms with Crippen LogP contribution in [0.2, 0.25) is 0 Å². The van der Waals surface area contributed by atoms with Gasteiger partial charge in [-0.05, 0) is 35.7 Å². The molecule has 0 radical (unpaired) electrons. The fourth-order valence-electron chi connectivity index (χ4n) is 2.96. The molecule has 25 heavy (non-hydrogen) atoms. The van der Waals surface area contributed by atoms with E-state index in [1.54, 1.807) is 6.92 Å². The van der Waals surface area contributed by atoms with Crippen molar-refractivity contribution in [3.05, 3.63) is 54.1 Å². The predicted molar refractivity (Wildman–Crippen MR) is 99.0 cm³/mol. The number of hydrogen-bond acceptors (Lipinski definition) is 4. The molecule has 1 aliphatic heterocycles. The number of ketones is 1. The average molecular weight is 339 g/mol. The lowest BCUT2D eigenvalue weighted by Gasteiger charge is -2.26. The molecular weight excluding hydrogens is 314 g/mol. The molecule has 132 valence electrons. The van der Waals surface area contributed by atoms with Crippen LogP contribution in [0.1, 0.15) is 12.5 Å². The molecule has 0 spiro atoms. The highest BCUT2D eigenvalue weighted by Crippen LogP contribution is 2.23. The topological polar surface area (TPSA) is 38.8 Å². The highest BCUT2D eigenvalue weighted by atomic mass is 16.5. The first-order valence-corrected chi connectivity index (χ1v) is 8.82. The summed E-state index contributed by atoms with van der Waals surface area (Å²) >= 11 is 0. The number of benzene rings is 2. The van der Waals surface area contributed by atoms with E-state index in [-0.39, 0.29) is 5.78 Å². The summed E-state index contributed by atoms with van der Waals surface area (Å²) in [5.74, 6) is 1.08. The van der Waals surface area contributed by atoms with E-state index < -0.39 is 0 Å². The molecule has 1 heterocycles. The zero-order valence-corrected chi connectivity index (χ0v) is 14.7. The predicted octanol–water partition coefficient (Wildman–Crippen LogP) is 3.20. The third kappa shape index (κ3) is 5.41. The highest BCUT2D eigenvalue weighted by Gasteiger charge is 2.09. The summed E-state index contributed by atoms with van der Waals surface area (Å²) in [5, 5.41) is 0. The van der Waals surface area contributed by atoms with Gasteiger partial charge in [0.05, 0.1) is 13.2 Å². The number of morpholine rings is 1. The standard InChI is InChI=1S/C21H25NO3/c1-17(23)16-18-2-4-19(5-3-18)20-6-8-21(9-7-20)25-15-12-22-10-13-24-14-11-22/h2-9H,10-16H2,1H3. The quantitative estimate of drug-likeness (QED) is 0.776. The van der Waals surface area contributed by atoms with Gasteiger partial charge in [-0.1, -0.05) is 36.4 Å². The number of carbonyl (C=O) groups excluding carboxylic acids is 1. The Morgan fingerprint density at radius 1 is 1.00 bits per heavy atom. The monoisotopic (exact) mass is 339 g/mol. The number of Topliss-reactive ketones (excluding diaryl/α,β-unsaturated/α-hetero) is 1. The SMILES string of the molecule is CC(=O)Cc1ccc(-c2ccc(OCCN3CCOCC3)cc2)cc1. The van der Waals surface area contributed by atoms with E-state index >= 15 is 0 Å². The Morgan fingerprint density at radius 3 is 2.20 bits per heavy atom. The van der Waals surface area contributed by atoms with Gasteiger partial charge in [0.2, 0.25) is 0 Å². The Labute approximate surface area is 149 Å². The van der Waals surface area contributed by atoms with Crippen LogP contribution >= 0.6 is 0 Å². The first kappa shape index (κ1) is 17.6. The van der Waals surface area contributed by atoms with Gasteiger partial charge in [-0.3, -0.25) is 9.69 Å². The van der Waals surface area contributed by atoms with E-state index in [9.17, 15) is 4.79 Å². The third-order valence-corrected chi connectivity index (χ3v) is 4.37. The van der Waals surface area contributed by atoms with E-state index in [1.807, 2.05) is 24.3 Å². The molecule has 0 bridgehead atoms. The summed E-state index contributed by atoms with van der Waals surface area (Å²) in [7, 11) is 0. The Morgan fingerprint density at radius 2 is 1.60 bits per heavy atom. The maximum atomic E-state index is 11.2. The van der Waals surface area contributed by atoms with Gasteiger partial charge in [-0.25, -0.2) is 0 Å². The normalized spacial score (nSPS) is 15.1. The van der Waals surface area contributed by atoms with Crippen molar-refractivity contribution in [3.63, 3.8) is 0 Å². The van der Waals surface area contributed by atoms with Crippen LogP contribution in [0.4, 0.5) is 0 Å². The molecular formula is C21H25NO3. The smallest absolute Gasteiger partial charge is 0.134 e. The van der Waals surface area contributed by atoms with Crippen molar-refractivity contribution in [2.24, 2.45) is 0 Å². The lowest BCUT2D eigenvalue weighted by Crippen LogP contribution is -2.38. The summed E-state index contributed by atoms with van der Waals surface area (Å²) in [6.45, 7) is 6.86. The fraction of sp³-hybridized carbons (Fsp3) is 0.381. The number of carbonyl (C=O) groups is 1. The van der Waals surface area contributed by atoms with Gasteiger partial charge in [-0.2, -0.15) is 0 Å². The highest BCUT2D eigenvalue weighted by molar-refractivity contribution is 5.78. The van der Waals surface area contributed by atoms with Gasteiger partial charge in [-0.15, -0.1) is 0 Å². The van der Waals surface area contributed by atoms with Crippen LogP contribution in [-0.2, 0) is 16.0 Å². The molecule has 4 nitrogen and oxygen atoms in total. The van der Waals surface area contributed by atoms with Gasteiger partial charge in [0.15, 0.2) is 0 Å². The Bertz CT molecular complexity index is 673. The second kappa shape index (κ2) is 8.79. The van der Waals surface area contributed by atoms with Crippen LogP contribution in [0.25, 0.3) is 11.1 Å².